The van der Waals surface area contributed by atoms with Crippen molar-refractivity contribution in [3.8, 4) is 11.8 Å². The van der Waals surface area contributed by atoms with E-state index in [-0.39, 0.29) is 11.3 Å². The number of anilines is 1. The van der Waals surface area contributed by atoms with Crippen LogP contribution in [0.3, 0.4) is 0 Å². The van der Waals surface area contributed by atoms with Crippen molar-refractivity contribution in [2.75, 3.05) is 5.32 Å². The fraction of sp³-hybridized carbons (Fsp3) is 0.0909. The van der Waals surface area contributed by atoms with Crippen LogP contribution in [0.4, 0.5) is 10.1 Å². The maximum absolute atomic E-state index is 13.2. The average molecular weight is 221 g/mol. The van der Waals surface area contributed by atoms with Crippen molar-refractivity contribution >= 4 is 17.6 Å². The number of carbonyl (C=O) groups excluding carboxylic acids is 1. The van der Waals surface area contributed by atoms with E-state index in [1.165, 1.54) is 6.92 Å². The van der Waals surface area contributed by atoms with Gasteiger partial charge in [0, 0.05) is 0 Å². The predicted octanol–water partition coefficient (Wildman–Crippen LogP) is 1.49. The number of nitrogens with one attached hydrogen (secondary N) is 1. The van der Waals surface area contributed by atoms with Crippen LogP contribution in [0.5, 0.6) is 0 Å². The van der Waals surface area contributed by atoms with E-state index in [2.05, 4.69) is 17.2 Å². The number of carbonyl (C=O) groups is 2. The molecule has 0 bridgehead atoms. The molecule has 4 nitrogen and oxygen atoms in total. The monoisotopic (exact) mass is 221 g/mol. The van der Waals surface area contributed by atoms with E-state index in [0.717, 1.165) is 18.2 Å². The molecule has 0 aliphatic heterocycles. The van der Waals surface area contributed by atoms with E-state index in [4.69, 9.17) is 5.11 Å². The van der Waals surface area contributed by atoms with Crippen LogP contribution in [0, 0.1) is 17.7 Å². The molecule has 2 N–H and O–H groups in total. The van der Waals surface area contributed by atoms with Crippen LogP contribution in [-0.2, 0) is 4.79 Å². The zero-order valence-corrected chi connectivity index (χ0v) is 8.37. The molecule has 0 saturated carbocycles. The van der Waals surface area contributed by atoms with Crippen LogP contribution in [-0.4, -0.2) is 17.0 Å². The molecular weight excluding hydrogens is 213 g/mol. The number of amides is 1. The summed E-state index contributed by atoms with van der Waals surface area (Å²) in [4.78, 5) is 21.7. The molecule has 1 aromatic carbocycles. The smallest absolute Gasteiger partial charge is 0.335 e. The van der Waals surface area contributed by atoms with Crippen molar-refractivity contribution in [1.82, 2.24) is 0 Å². The Balaban J connectivity index is 3.01. The maximum Gasteiger partial charge on any atom is 0.335 e. The van der Waals surface area contributed by atoms with Crippen LogP contribution < -0.4 is 5.32 Å². The van der Waals surface area contributed by atoms with Gasteiger partial charge in [-0.15, -0.1) is 0 Å². The van der Waals surface area contributed by atoms with Gasteiger partial charge < -0.3 is 10.4 Å². The molecule has 1 rings (SSSR count). The van der Waals surface area contributed by atoms with E-state index >= 15 is 0 Å². The molecule has 1 aromatic rings. The van der Waals surface area contributed by atoms with Crippen molar-refractivity contribution in [2.45, 2.75) is 6.92 Å². The van der Waals surface area contributed by atoms with E-state index in [9.17, 15) is 14.0 Å². The Morgan fingerprint density at radius 2 is 2.12 bits per heavy atom. The van der Waals surface area contributed by atoms with E-state index in [1.807, 2.05) is 0 Å². The lowest BCUT2D eigenvalue weighted by Gasteiger charge is -2.03. The number of rotatable bonds is 2. The number of hydrogen-bond donors (Lipinski definition) is 2. The standard InChI is InChI=1S/C11H8FNO3/c1-2-3-10(14)13-9-6-7(11(15)16)4-5-8(9)12/h4-6H,1H3,(H,13,14)(H,15,16). The summed E-state index contributed by atoms with van der Waals surface area (Å²) < 4.78 is 13.2. The van der Waals surface area contributed by atoms with Gasteiger partial charge in [0.25, 0.3) is 5.91 Å². The lowest BCUT2D eigenvalue weighted by molar-refractivity contribution is -0.111. The summed E-state index contributed by atoms with van der Waals surface area (Å²) in [6.07, 6.45) is 0. The van der Waals surface area contributed by atoms with Crippen molar-refractivity contribution in [2.24, 2.45) is 0 Å². The third kappa shape index (κ3) is 2.82. The molecule has 16 heavy (non-hydrogen) atoms. The zero-order valence-electron chi connectivity index (χ0n) is 8.37. The van der Waals surface area contributed by atoms with Crippen molar-refractivity contribution in [1.29, 1.82) is 0 Å². The first-order valence-electron chi connectivity index (χ1n) is 4.31. The van der Waals surface area contributed by atoms with Gasteiger partial charge in [0.2, 0.25) is 0 Å². The molecule has 0 aromatic heterocycles. The van der Waals surface area contributed by atoms with Gasteiger partial charge in [-0.2, -0.15) is 0 Å². The SMILES string of the molecule is CC#CC(=O)Nc1cc(C(=O)O)ccc1F. The lowest BCUT2D eigenvalue weighted by Crippen LogP contribution is -2.11. The second kappa shape index (κ2) is 4.94. The van der Waals surface area contributed by atoms with Gasteiger partial charge >= 0.3 is 5.97 Å². The zero-order chi connectivity index (χ0) is 12.1. The Bertz CT molecular complexity index is 500. The van der Waals surface area contributed by atoms with Gasteiger partial charge in [-0.3, -0.25) is 4.79 Å². The van der Waals surface area contributed by atoms with Gasteiger partial charge in [0.1, 0.15) is 5.82 Å². The third-order valence-corrected chi connectivity index (χ3v) is 1.70. The maximum atomic E-state index is 13.2. The Morgan fingerprint density at radius 3 is 2.69 bits per heavy atom. The number of aromatic carboxylic acids is 1. The van der Waals surface area contributed by atoms with E-state index in [0.29, 0.717) is 0 Å². The molecule has 0 unspecified atom stereocenters. The second-order valence-corrected chi connectivity index (χ2v) is 2.83. The van der Waals surface area contributed by atoms with Crippen LogP contribution >= 0.6 is 0 Å². The van der Waals surface area contributed by atoms with E-state index in [1.54, 1.807) is 0 Å². The lowest BCUT2D eigenvalue weighted by atomic mass is 10.2. The van der Waals surface area contributed by atoms with Gasteiger partial charge in [-0.25, -0.2) is 9.18 Å². The highest BCUT2D eigenvalue weighted by atomic mass is 19.1. The third-order valence-electron chi connectivity index (χ3n) is 1.70. The molecule has 0 radical (unpaired) electrons. The number of hydrogen-bond acceptors (Lipinski definition) is 2. The van der Waals surface area contributed by atoms with Crippen LogP contribution in [0.15, 0.2) is 18.2 Å². The van der Waals surface area contributed by atoms with Gasteiger partial charge in [0.15, 0.2) is 0 Å². The predicted molar refractivity (Wildman–Crippen MR) is 55.4 cm³/mol. The summed E-state index contributed by atoms with van der Waals surface area (Å²) in [5.74, 6) is 1.90. The van der Waals surface area contributed by atoms with Crippen molar-refractivity contribution < 1.29 is 19.1 Å². The molecule has 0 aliphatic carbocycles. The minimum atomic E-state index is -1.20. The molecule has 0 saturated heterocycles. The molecule has 5 heteroatoms. The first-order valence-corrected chi connectivity index (χ1v) is 4.31. The number of benzene rings is 1. The summed E-state index contributed by atoms with van der Waals surface area (Å²) in [5.41, 5.74) is -0.311. The normalized spacial score (nSPS) is 8.88. The van der Waals surface area contributed by atoms with Crippen LogP contribution in [0.2, 0.25) is 0 Å². The Morgan fingerprint density at radius 1 is 1.44 bits per heavy atom. The Hall–Kier alpha value is -2.35. The average Bonchev–Trinajstić information content (AvgIpc) is 2.21. The second-order valence-electron chi connectivity index (χ2n) is 2.83. The molecule has 0 aliphatic rings. The largest absolute Gasteiger partial charge is 0.478 e. The van der Waals surface area contributed by atoms with Crippen molar-refractivity contribution in [3.05, 3.63) is 29.6 Å². The van der Waals surface area contributed by atoms with E-state index < -0.39 is 17.7 Å². The quantitative estimate of drug-likeness (QED) is 0.743. The molecule has 0 fully saturated rings. The summed E-state index contributed by atoms with van der Waals surface area (Å²) in [6.45, 7) is 1.46. The molecule has 1 amide bonds. The number of halogens is 1. The summed E-state index contributed by atoms with van der Waals surface area (Å²) in [6, 6.07) is 3.12. The minimum Gasteiger partial charge on any atom is -0.478 e. The topological polar surface area (TPSA) is 66.4 Å². The van der Waals surface area contributed by atoms with Crippen LogP contribution in [0.1, 0.15) is 17.3 Å². The molecular formula is C11H8FNO3. The highest BCUT2D eigenvalue weighted by molar-refractivity contribution is 6.04. The highest BCUT2D eigenvalue weighted by Crippen LogP contribution is 2.15. The first kappa shape index (κ1) is 11.7. The molecule has 0 atom stereocenters. The molecule has 0 heterocycles. The van der Waals surface area contributed by atoms with Gasteiger partial charge in [-0.1, -0.05) is 5.92 Å². The fourth-order valence-electron chi connectivity index (χ4n) is 1.02. The Labute approximate surface area is 91.1 Å². The fourth-order valence-corrected chi connectivity index (χ4v) is 1.02. The first-order chi connectivity index (χ1) is 7.54. The minimum absolute atomic E-state index is 0.110. The number of carboxylic acids is 1. The Kier molecular flexibility index (Phi) is 3.62. The van der Waals surface area contributed by atoms with Crippen molar-refractivity contribution in [3.63, 3.8) is 0 Å². The summed E-state index contributed by atoms with van der Waals surface area (Å²) in [5, 5.41) is 10.8. The van der Waals surface area contributed by atoms with Crippen LogP contribution in [0.25, 0.3) is 0 Å². The molecule has 0 spiro atoms. The van der Waals surface area contributed by atoms with Gasteiger partial charge in [-0.05, 0) is 31.0 Å². The summed E-state index contributed by atoms with van der Waals surface area (Å²) >= 11 is 0. The van der Waals surface area contributed by atoms with Gasteiger partial charge in [0.05, 0.1) is 11.3 Å². The number of carboxylic acid groups (broad SMARTS) is 1. The summed E-state index contributed by atoms with van der Waals surface area (Å²) in [7, 11) is 0. The highest BCUT2D eigenvalue weighted by Gasteiger charge is 2.09. The molecule has 82 valence electrons.